The minimum absolute atomic E-state index is 0.305. The maximum absolute atomic E-state index is 13.4. The van der Waals surface area contributed by atoms with Crippen molar-refractivity contribution in [3.05, 3.63) is 29.6 Å². The van der Waals surface area contributed by atoms with Gasteiger partial charge in [-0.15, -0.1) is 0 Å². The third-order valence-corrected chi connectivity index (χ3v) is 2.03. The normalized spacial score (nSPS) is 14.0. The van der Waals surface area contributed by atoms with Crippen molar-refractivity contribution >= 4 is 11.6 Å². The molecule has 0 atom stereocenters. The van der Waals surface area contributed by atoms with Crippen molar-refractivity contribution in [2.75, 3.05) is 18.4 Å². The van der Waals surface area contributed by atoms with E-state index in [1.807, 2.05) is 6.07 Å². The Hall–Kier alpha value is -2.09. The first-order valence-corrected chi connectivity index (χ1v) is 4.54. The minimum atomic E-state index is -0.453. The van der Waals surface area contributed by atoms with Crippen LogP contribution in [0.15, 0.2) is 23.2 Å². The van der Waals surface area contributed by atoms with Gasteiger partial charge in [-0.1, -0.05) is 0 Å². The van der Waals surface area contributed by atoms with Gasteiger partial charge in [-0.05, 0) is 18.2 Å². The molecule has 0 fully saturated rings. The highest BCUT2D eigenvalue weighted by atomic mass is 19.1. The summed E-state index contributed by atoms with van der Waals surface area (Å²) in [5, 5.41) is 14.3. The molecule has 1 aliphatic rings. The summed E-state index contributed by atoms with van der Waals surface area (Å²) in [6.45, 7) is 1.46. The van der Waals surface area contributed by atoms with Crippen LogP contribution in [0.25, 0.3) is 0 Å². The van der Waals surface area contributed by atoms with E-state index < -0.39 is 5.82 Å². The second-order valence-corrected chi connectivity index (χ2v) is 3.09. The van der Waals surface area contributed by atoms with Crippen LogP contribution in [0.5, 0.6) is 0 Å². The summed E-state index contributed by atoms with van der Waals surface area (Å²) >= 11 is 0. The highest BCUT2D eigenvalue weighted by Gasteiger charge is 2.08. The van der Waals surface area contributed by atoms with Crippen LogP contribution >= 0.6 is 0 Å². The van der Waals surface area contributed by atoms with Crippen LogP contribution in [0.3, 0.4) is 0 Å². The Morgan fingerprint density at radius 1 is 1.53 bits per heavy atom. The maximum atomic E-state index is 13.4. The summed E-state index contributed by atoms with van der Waals surface area (Å²) in [5.41, 5.74) is 0.626. The smallest absolute Gasteiger partial charge is 0.196 e. The van der Waals surface area contributed by atoms with Gasteiger partial charge in [0.1, 0.15) is 5.82 Å². The molecule has 1 aromatic rings. The topological polar surface area (TPSA) is 60.2 Å². The number of halogens is 1. The molecule has 0 saturated carbocycles. The van der Waals surface area contributed by atoms with Gasteiger partial charge in [-0.25, -0.2) is 4.39 Å². The van der Waals surface area contributed by atoms with E-state index >= 15 is 0 Å². The summed E-state index contributed by atoms with van der Waals surface area (Å²) in [6, 6.07) is 6.15. The monoisotopic (exact) mass is 204 g/mol. The number of hydrogen-bond acceptors (Lipinski definition) is 4. The van der Waals surface area contributed by atoms with Gasteiger partial charge in [-0.2, -0.15) is 5.26 Å². The Labute approximate surface area is 86.4 Å². The molecule has 4 nitrogen and oxygen atoms in total. The molecule has 5 heteroatoms. The molecule has 0 amide bonds. The zero-order valence-corrected chi connectivity index (χ0v) is 7.92. The molecule has 1 heterocycles. The lowest BCUT2D eigenvalue weighted by molar-refractivity contribution is 0.631. The van der Waals surface area contributed by atoms with Crippen LogP contribution < -0.4 is 10.6 Å². The number of benzene rings is 1. The zero-order valence-electron chi connectivity index (χ0n) is 7.92. The molecule has 15 heavy (non-hydrogen) atoms. The van der Waals surface area contributed by atoms with Crippen LogP contribution in [-0.4, -0.2) is 19.0 Å². The Bertz CT molecular complexity index is 447. The highest BCUT2D eigenvalue weighted by Crippen LogP contribution is 2.15. The quantitative estimate of drug-likeness (QED) is 0.719. The van der Waals surface area contributed by atoms with E-state index in [4.69, 9.17) is 5.26 Å². The lowest BCUT2D eigenvalue weighted by atomic mass is 10.2. The van der Waals surface area contributed by atoms with Crippen molar-refractivity contribution in [2.24, 2.45) is 4.99 Å². The number of hydrogen-bond donors (Lipinski definition) is 2. The average Bonchev–Trinajstić information content (AvgIpc) is 2.74. The molecule has 0 spiro atoms. The van der Waals surface area contributed by atoms with Gasteiger partial charge in [0, 0.05) is 6.54 Å². The molecular formula is C10H9FN4. The number of nitriles is 1. The fourth-order valence-electron chi connectivity index (χ4n) is 1.30. The van der Waals surface area contributed by atoms with Crippen LogP contribution in [0, 0.1) is 17.1 Å². The standard InChI is InChI=1S/C10H9FN4/c11-8-5-7(6-12)1-2-9(8)15-10-13-3-4-14-10/h1-2,5H,3-4H2,(H2,13,14,15). The Morgan fingerprint density at radius 3 is 3.00 bits per heavy atom. The second-order valence-electron chi connectivity index (χ2n) is 3.09. The van der Waals surface area contributed by atoms with Gasteiger partial charge < -0.3 is 10.6 Å². The molecule has 1 aliphatic heterocycles. The molecule has 0 unspecified atom stereocenters. The summed E-state index contributed by atoms with van der Waals surface area (Å²) in [4.78, 5) is 4.08. The second kappa shape index (κ2) is 3.96. The number of anilines is 1. The fourth-order valence-corrected chi connectivity index (χ4v) is 1.30. The fraction of sp³-hybridized carbons (Fsp3) is 0.200. The molecule has 0 aromatic heterocycles. The lowest BCUT2D eigenvalue weighted by Gasteiger charge is -2.07. The molecule has 0 radical (unpaired) electrons. The predicted octanol–water partition coefficient (Wildman–Crippen LogP) is 1.07. The van der Waals surface area contributed by atoms with E-state index in [9.17, 15) is 4.39 Å². The van der Waals surface area contributed by atoms with Crippen molar-refractivity contribution in [3.63, 3.8) is 0 Å². The molecule has 0 bridgehead atoms. The molecule has 2 N–H and O–H groups in total. The molecular weight excluding hydrogens is 195 g/mol. The minimum Gasteiger partial charge on any atom is -0.354 e. The van der Waals surface area contributed by atoms with Gasteiger partial charge in [0.2, 0.25) is 0 Å². The predicted molar refractivity (Wildman–Crippen MR) is 55.0 cm³/mol. The molecule has 1 aromatic carbocycles. The molecule has 0 saturated heterocycles. The first kappa shape index (κ1) is 9.46. The van der Waals surface area contributed by atoms with Gasteiger partial charge in [-0.3, -0.25) is 4.99 Å². The van der Waals surface area contributed by atoms with Crippen LogP contribution in [0.1, 0.15) is 5.56 Å². The number of rotatable bonds is 1. The Kier molecular flexibility index (Phi) is 2.50. The van der Waals surface area contributed by atoms with Crippen molar-refractivity contribution in [3.8, 4) is 6.07 Å². The number of aliphatic imine (C=N–C) groups is 1. The molecule has 0 aliphatic carbocycles. The van der Waals surface area contributed by atoms with Crippen LogP contribution in [-0.2, 0) is 0 Å². The number of guanidine groups is 1. The van der Waals surface area contributed by atoms with Crippen molar-refractivity contribution in [1.82, 2.24) is 5.32 Å². The zero-order chi connectivity index (χ0) is 10.7. The van der Waals surface area contributed by atoms with Gasteiger partial charge in [0.15, 0.2) is 5.96 Å². The average molecular weight is 204 g/mol. The Morgan fingerprint density at radius 2 is 2.40 bits per heavy atom. The van der Waals surface area contributed by atoms with E-state index in [0.717, 1.165) is 6.54 Å². The summed E-state index contributed by atoms with van der Waals surface area (Å²) in [7, 11) is 0. The van der Waals surface area contributed by atoms with Crippen molar-refractivity contribution in [2.45, 2.75) is 0 Å². The lowest BCUT2D eigenvalue weighted by Crippen LogP contribution is -2.26. The Balaban J connectivity index is 2.19. The van der Waals surface area contributed by atoms with Gasteiger partial charge in [0.25, 0.3) is 0 Å². The van der Waals surface area contributed by atoms with E-state index in [1.165, 1.54) is 12.1 Å². The highest BCUT2D eigenvalue weighted by molar-refractivity contribution is 5.94. The number of nitrogens with one attached hydrogen (secondary N) is 2. The first-order valence-electron chi connectivity index (χ1n) is 4.54. The summed E-state index contributed by atoms with van der Waals surface area (Å²) in [6.07, 6.45) is 0. The van der Waals surface area contributed by atoms with Gasteiger partial charge in [0.05, 0.1) is 23.9 Å². The first-order chi connectivity index (χ1) is 7.29. The number of nitrogens with zero attached hydrogens (tertiary/aromatic N) is 2. The molecule has 2 rings (SSSR count). The molecule has 76 valence electrons. The van der Waals surface area contributed by atoms with Gasteiger partial charge >= 0.3 is 0 Å². The van der Waals surface area contributed by atoms with Crippen molar-refractivity contribution < 1.29 is 4.39 Å². The van der Waals surface area contributed by atoms with Crippen molar-refractivity contribution in [1.29, 1.82) is 5.26 Å². The van der Waals surface area contributed by atoms with Crippen LogP contribution in [0.4, 0.5) is 10.1 Å². The van der Waals surface area contributed by atoms with E-state index in [-0.39, 0.29) is 0 Å². The summed E-state index contributed by atoms with van der Waals surface area (Å²) < 4.78 is 13.4. The summed E-state index contributed by atoms with van der Waals surface area (Å²) in [5.74, 6) is 0.115. The largest absolute Gasteiger partial charge is 0.354 e. The van der Waals surface area contributed by atoms with Crippen LogP contribution in [0.2, 0.25) is 0 Å². The van der Waals surface area contributed by atoms with E-state index in [1.54, 1.807) is 6.07 Å². The van der Waals surface area contributed by atoms with E-state index in [2.05, 4.69) is 15.6 Å². The SMILES string of the molecule is N#Cc1ccc(NC2=NCCN2)c(F)c1. The third kappa shape index (κ3) is 2.05. The maximum Gasteiger partial charge on any atom is 0.196 e. The third-order valence-electron chi connectivity index (χ3n) is 2.03. The van der Waals surface area contributed by atoms with E-state index in [0.29, 0.717) is 23.8 Å².